The SMILES string of the molecule is Cc1cc(C)c(-c2cc[c-]c3c4nc(C)cn4c4nccn4c23)c(C)c1.Cc1cc(C)c(-n2ccnc2-c2[c-]cccc2)c(C)c1.[Ir]. The van der Waals surface area contributed by atoms with Crippen molar-refractivity contribution in [2.45, 2.75) is 48.5 Å². The van der Waals surface area contributed by atoms with Gasteiger partial charge in [-0.25, -0.2) is 4.98 Å². The molecule has 0 aliphatic carbocycles. The second kappa shape index (κ2) is 12.7. The molecule has 0 aliphatic heterocycles. The number of hydrogen-bond donors (Lipinski definition) is 0. The van der Waals surface area contributed by atoms with Gasteiger partial charge >= 0.3 is 0 Å². The Hall–Kier alpha value is -4.84. The van der Waals surface area contributed by atoms with Crippen molar-refractivity contribution in [2.75, 3.05) is 0 Å². The number of hydrogen-bond acceptors (Lipinski definition) is 3. The van der Waals surface area contributed by atoms with Crippen LogP contribution >= 0.6 is 0 Å². The molecule has 0 spiro atoms. The molecule has 0 bridgehead atoms. The first-order chi connectivity index (χ1) is 22.2. The summed E-state index contributed by atoms with van der Waals surface area (Å²) in [4.78, 5) is 13.8. The van der Waals surface area contributed by atoms with Gasteiger partial charge in [-0.05, 0) is 81.8 Å². The quantitative estimate of drug-likeness (QED) is 0.168. The van der Waals surface area contributed by atoms with E-state index in [1.807, 2.05) is 72.6 Å². The summed E-state index contributed by atoms with van der Waals surface area (Å²) in [5.41, 5.74) is 15.3. The van der Waals surface area contributed by atoms with Crippen LogP contribution in [-0.2, 0) is 20.1 Å². The molecule has 7 heteroatoms. The van der Waals surface area contributed by atoms with Crippen LogP contribution in [0.1, 0.15) is 39.1 Å². The number of aromatic nitrogens is 6. The van der Waals surface area contributed by atoms with E-state index in [4.69, 9.17) is 4.98 Å². The Kier molecular flexibility index (Phi) is 8.71. The number of nitrogens with zero attached hydrogens (tertiary/aromatic N) is 6. The Balaban J connectivity index is 0.000000167. The Morgan fingerprint density at radius 2 is 1.36 bits per heavy atom. The minimum Gasteiger partial charge on any atom is -0.340 e. The first-order valence-corrected chi connectivity index (χ1v) is 15.5. The van der Waals surface area contributed by atoms with E-state index in [2.05, 4.69) is 103 Å². The van der Waals surface area contributed by atoms with Gasteiger partial charge in [-0.3, -0.25) is 9.97 Å². The molecule has 237 valence electrons. The number of rotatable bonds is 3. The van der Waals surface area contributed by atoms with Crippen molar-refractivity contribution >= 4 is 22.3 Å². The third-order valence-electron chi connectivity index (χ3n) is 8.51. The van der Waals surface area contributed by atoms with Gasteiger partial charge in [-0.1, -0.05) is 46.3 Å². The zero-order valence-electron chi connectivity index (χ0n) is 27.7. The summed E-state index contributed by atoms with van der Waals surface area (Å²) in [7, 11) is 0. The van der Waals surface area contributed by atoms with E-state index in [0.29, 0.717) is 0 Å². The average molecular weight is 793 g/mol. The molecule has 4 heterocycles. The van der Waals surface area contributed by atoms with Gasteiger partial charge in [-0.15, -0.1) is 54.1 Å². The van der Waals surface area contributed by atoms with E-state index < -0.39 is 0 Å². The van der Waals surface area contributed by atoms with Crippen LogP contribution < -0.4 is 0 Å². The predicted octanol–water partition coefficient (Wildman–Crippen LogP) is 9.10. The number of fused-ring (bicyclic) bond motifs is 6. The number of benzene rings is 4. The van der Waals surface area contributed by atoms with E-state index in [9.17, 15) is 0 Å². The fourth-order valence-electron chi connectivity index (χ4n) is 6.96. The van der Waals surface area contributed by atoms with Crippen LogP contribution in [-0.4, -0.2) is 28.3 Å². The molecule has 0 aliphatic rings. The van der Waals surface area contributed by atoms with Crippen molar-refractivity contribution < 1.29 is 20.1 Å². The van der Waals surface area contributed by atoms with Crippen LogP contribution in [0.2, 0.25) is 0 Å². The molecule has 1 radical (unpaired) electrons. The van der Waals surface area contributed by atoms with Gasteiger partial charge < -0.3 is 13.4 Å². The second-order valence-corrected chi connectivity index (χ2v) is 12.2. The molecular weight excluding hydrogens is 757 g/mol. The van der Waals surface area contributed by atoms with E-state index in [1.165, 1.54) is 50.2 Å². The molecular formula is C40H36IrN6-2. The first-order valence-electron chi connectivity index (χ1n) is 15.5. The number of imidazole rings is 3. The van der Waals surface area contributed by atoms with E-state index in [0.717, 1.165) is 39.4 Å². The van der Waals surface area contributed by atoms with Gasteiger partial charge in [0, 0.05) is 62.5 Å². The molecule has 8 aromatic rings. The van der Waals surface area contributed by atoms with E-state index >= 15 is 0 Å². The summed E-state index contributed by atoms with van der Waals surface area (Å²) in [6, 6.07) is 27.7. The summed E-state index contributed by atoms with van der Waals surface area (Å²) in [5, 5.41) is 1.01. The van der Waals surface area contributed by atoms with Crippen LogP contribution in [0.4, 0.5) is 0 Å². The van der Waals surface area contributed by atoms with Crippen LogP contribution in [0.5, 0.6) is 0 Å². The maximum absolute atomic E-state index is 4.74. The Morgan fingerprint density at radius 1 is 0.681 bits per heavy atom. The summed E-state index contributed by atoms with van der Waals surface area (Å²) < 4.78 is 6.34. The predicted molar refractivity (Wildman–Crippen MR) is 187 cm³/mol. The topological polar surface area (TPSA) is 52.4 Å². The van der Waals surface area contributed by atoms with Gasteiger partial charge in [-0.2, -0.15) is 0 Å². The van der Waals surface area contributed by atoms with Gasteiger partial charge in [0.2, 0.25) is 5.78 Å². The van der Waals surface area contributed by atoms with Crippen LogP contribution in [0.3, 0.4) is 0 Å². The standard InChI is InChI=1S/C22H19N4.C18H17N2.Ir/c1-13-10-14(2)19(15(3)11-13)17-6-5-7-18-20(17)25-9-8-23-22(25)26-12-16(4)24-21(18)26;1-13-11-14(2)17(15(3)12-13)20-10-9-19-18(20)16-7-5-4-6-8-16;/h5-6,8-12H,1-4H3;4-7,9-12H,1-3H3;/q2*-1;. The molecule has 0 N–H and O–H groups in total. The summed E-state index contributed by atoms with van der Waals surface area (Å²) in [6.45, 7) is 14.9. The Morgan fingerprint density at radius 3 is 2.04 bits per heavy atom. The molecule has 0 atom stereocenters. The summed E-state index contributed by atoms with van der Waals surface area (Å²) in [5.74, 6) is 1.80. The molecule has 6 nitrogen and oxygen atoms in total. The Labute approximate surface area is 289 Å². The van der Waals surface area contributed by atoms with Crippen LogP contribution in [0.15, 0.2) is 91.6 Å². The second-order valence-electron chi connectivity index (χ2n) is 12.2. The minimum absolute atomic E-state index is 0. The van der Waals surface area contributed by atoms with Crippen molar-refractivity contribution in [3.05, 3.63) is 143 Å². The van der Waals surface area contributed by atoms with Crippen molar-refractivity contribution in [3.8, 4) is 28.2 Å². The molecule has 47 heavy (non-hydrogen) atoms. The molecule has 0 fully saturated rings. The normalized spacial score (nSPS) is 11.1. The molecule has 4 aromatic heterocycles. The molecule has 0 amide bonds. The summed E-state index contributed by atoms with van der Waals surface area (Å²) >= 11 is 0. The fourth-order valence-corrected chi connectivity index (χ4v) is 6.96. The van der Waals surface area contributed by atoms with Crippen LogP contribution in [0, 0.1) is 60.6 Å². The van der Waals surface area contributed by atoms with Gasteiger partial charge in [0.25, 0.3) is 0 Å². The molecule has 0 saturated heterocycles. The molecule has 0 saturated carbocycles. The Bertz CT molecular complexity index is 2350. The van der Waals surface area contributed by atoms with Crippen molar-refractivity contribution in [3.63, 3.8) is 0 Å². The van der Waals surface area contributed by atoms with Gasteiger partial charge in [0.1, 0.15) is 0 Å². The van der Waals surface area contributed by atoms with Crippen molar-refractivity contribution in [2.24, 2.45) is 0 Å². The molecule has 4 aromatic carbocycles. The van der Waals surface area contributed by atoms with Gasteiger partial charge in [0.05, 0.1) is 11.5 Å². The zero-order valence-corrected chi connectivity index (χ0v) is 30.1. The fraction of sp³-hybridized carbons (Fsp3) is 0.175. The van der Waals surface area contributed by atoms with Crippen LogP contribution in [0.25, 0.3) is 50.5 Å². The maximum Gasteiger partial charge on any atom is 0.202 e. The first kappa shape index (κ1) is 32.1. The monoisotopic (exact) mass is 793 g/mol. The van der Waals surface area contributed by atoms with E-state index in [-0.39, 0.29) is 20.1 Å². The van der Waals surface area contributed by atoms with Crippen molar-refractivity contribution in [1.82, 2.24) is 28.3 Å². The maximum atomic E-state index is 4.74. The third-order valence-corrected chi connectivity index (χ3v) is 8.51. The largest absolute Gasteiger partial charge is 0.340 e. The minimum atomic E-state index is 0. The smallest absolute Gasteiger partial charge is 0.202 e. The van der Waals surface area contributed by atoms with Gasteiger partial charge in [0.15, 0.2) is 0 Å². The summed E-state index contributed by atoms with van der Waals surface area (Å²) in [6.07, 6.45) is 9.74. The molecule has 0 unspecified atom stereocenters. The third kappa shape index (κ3) is 5.71. The zero-order chi connectivity index (χ0) is 32.1. The van der Waals surface area contributed by atoms with E-state index in [1.54, 1.807) is 0 Å². The number of aryl methyl sites for hydroxylation is 7. The van der Waals surface area contributed by atoms with Crippen molar-refractivity contribution in [1.29, 1.82) is 0 Å². The molecule has 8 rings (SSSR count). The average Bonchev–Trinajstić information content (AvgIpc) is 3.77.